The number of phenolic OH excluding ortho intramolecular Hbond substituents is 1. The molecule has 120 valence electrons. The van der Waals surface area contributed by atoms with Gasteiger partial charge in [-0.15, -0.1) is 23.5 Å². The third kappa shape index (κ3) is 4.02. The Kier molecular flexibility index (Phi) is 6.28. The predicted molar refractivity (Wildman–Crippen MR) is 91.5 cm³/mol. The van der Waals surface area contributed by atoms with Gasteiger partial charge in [-0.3, -0.25) is 9.89 Å². The van der Waals surface area contributed by atoms with E-state index < -0.39 is 0 Å². The van der Waals surface area contributed by atoms with E-state index in [1.807, 2.05) is 11.8 Å². The van der Waals surface area contributed by atoms with Gasteiger partial charge in [0.1, 0.15) is 22.9 Å². The topological polar surface area (TPSA) is 52.9 Å². The Hall–Kier alpha value is -1.05. The first-order valence-corrected chi connectivity index (χ1v) is 9.01. The van der Waals surface area contributed by atoms with E-state index in [0.717, 1.165) is 29.4 Å². The van der Waals surface area contributed by atoms with Crippen LogP contribution in [0.1, 0.15) is 12.5 Å². The van der Waals surface area contributed by atoms with Crippen LogP contribution in [0.25, 0.3) is 0 Å². The number of likely N-dealkylation sites (N-methyl/N-ethyl adjacent to an activating group) is 1. The standard InChI is InChI=1S/C13H15FN2OS2.C2H4O/c1-16-4-5-18-13(16)10-7-19-12(15-10)9-6-8(14)2-3-11(9)17;1-2-3/h2-3,6,10,13,17H,4-5,7H2,1H3;2H,1H3. The maximum atomic E-state index is 13.3. The Morgan fingerprint density at radius 1 is 1.50 bits per heavy atom. The second kappa shape index (κ2) is 7.99. The molecule has 2 aliphatic rings. The van der Waals surface area contributed by atoms with Crippen molar-refractivity contribution in [1.82, 2.24) is 4.90 Å². The fourth-order valence-electron chi connectivity index (χ4n) is 2.34. The van der Waals surface area contributed by atoms with Crippen LogP contribution in [-0.4, -0.2) is 57.9 Å². The van der Waals surface area contributed by atoms with Crippen molar-refractivity contribution >= 4 is 34.9 Å². The molecule has 1 aromatic rings. The van der Waals surface area contributed by atoms with E-state index in [1.54, 1.807) is 11.8 Å². The van der Waals surface area contributed by atoms with Gasteiger partial charge < -0.3 is 9.90 Å². The summed E-state index contributed by atoms with van der Waals surface area (Å²) in [6.07, 6.45) is 0.750. The van der Waals surface area contributed by atoms with Crippen LogP contribution in [0.2, 0.25) is 0 Å². The van der Waals surface area contributed by atoms with E-state index in [2.05, 4.69) is 16.9 Å². The Morgan fingerprint density at radius 3 is 2.86 bits per heavy atom. The van der Waals surface area contributed by atoms with E-state index in [9.17, 15) is 9.50 Å². The van der Waals surface area contributed by atoms with Crippen LogP contribution in [0, 0.1) is 5.82 Å². The molecular weight excluding hydrogens is 323 g/mol. The number of aliphatic imine (C=N–C) groups is 1. The number of aromatic hydroxyl groups is 1. The van der Waals surface area contributed by atoms with Crippen LogP contribution >= 0.6 is 23.5 Å². The first-order valence-electron chi connectivity index (χ1n) is 6.98. The minimum absolute atomic E-state index is 0.0979. The fourth-order valence-corrected chi connectivity index (χ4v) is 4.95. The van der Waals surface area contributed by atoms with E-state index >= 15 is 0 Å². The van der Waals surface area contributed by atoms with Crippen molar-refractivity contribution in [1.29, 1.82) is 0 Å². The highest BCUT2D eigenvalue weighted by Gasteiger charge is 2.33. The van der Waals surface area contributed by atoms with Crippen molar-refractivity contribution in [3.05, 3.63) is 29.6 Å². The van der Waals surface area contributed by atoms with Crippen molar-refractivity contribution in [3.8, 4) is 5.75 Å². The molecule has 1 aromatic carbocycles. The molecule has 0 spiro atoms. The molecule has 1 fully saturated rings. The van der Waals surface area contributed by atoms with Crippen molar-refractivity contribution in [2.75, 3.05) is 25.1 Å². The molecule has 4 nitrogen and oxygen atoms in total. The normalized spacial score (nSPS) is 24.6. The van der Waals surface area contributed by atoms with Gasteiger partial charge in [0.15, 0.2) is 0 Å². The summed E-state index contributed by atoms with van der Waals surface area (Å²) in [4.78, 5) is 15.8. The average molecular weight is 342 g/mol. The fraction of sp³-hybridized carbons (Fsp3) is 0.467. The summed E-state index contributed by atoms with van der Waals surface area (Å²) in [6, 6.07) is 4.23. The highest BCUT2D eigenvalue weighted by atomic mass is 32.2. The van der Waals surface area contributed by atoms with Gasteiger partial charge in [0, 0.05) is 18.1 Å². The molecule has 2 aliphatic heterocycles. The second-order valence-corrected chi connectivity index (χ2v) is 7.19. The lowest BCUT2D eigenvalue weighted by molar-refractivity contribution is -0.106. The van der Waals surface area contributed by atoms with E-state index in [0.29, 0.717) is 10.9 Å². The maximum absolute atomic E-state index is 13.3. The Bertz CT molecular complexity index is 568. The monoisotopic (exact) mass is 342 g/mol. The van der Waals surface area contributed by atoms with E-state index in [-0.39, 0.29) is 17.6 Å². The number of carbonyl (C=O) groups excluding carboxylic acids is 1. The molecule has 3 rings (SSSR count). The number of halogens is 1. The minimum atomic E-state index is -0.341. The summed E-state index contributed by atoms with van der Waals surface area (Å²) in [6.45, 7) is 2.53. The number of rotatable bonds is 2. The summed E-state index contributed by atoms with van der Waals surface area (Å²) in [5.74, 6) is 1.79. The first kappa shape index (κ1) is 17.3. The molecule has 0 saturated carbocycles. The van der Waals surface area contributed by atoms with Gasteiger partial charge in [-0.1, -0.05) is 0 Å². The van der Waals surface area contributed by atoms with Crippen LogP contribution < -0.4 is 0 Å². The maximum Gasteiger partial charge on any atom is 0.125 e. The number of phenols is 1. The first-order chi connectivity index (χ1) is 10.6. The van der Waals surface area contributed by atoms with Crippen LogP contribution in [0.3, 0.4) is 0 Å². The van der Waals surface area contributed by atoms with Crippen molar-refractivity contribution < 1.29 is 14.3 Å². The summed E-state index contributed by atoms with van der Waals surface area (Å²) in [5, 5.41) is 11.0. The number of thioether (sulfide) groups is 2. The van der Waals surface area contributed by atoms with Crippen LogP contribution in [0.15, 0.2) is 23.2 Å². The van der Waals surface area contributed by atoms with Crippen LogP contribution in [-0.2, 0) is 4.79 Å². The molecule has 2 atom stereocenters. The highest BCUT2D eigenvalue weighted by molar-refractivity contribution is 8.14. The summed E-state index contributed by atoms with van der Waals surface area (Å²) < 4.78 is 13.3. The van der Waals surface area contributed by atoms with E-state index in [4.69, 9.17) is 4.79 Å². The van der Waals surface area contributed by atoms with Gasteiger partial charge in [0.25, 0.3) is 0 Å². The molecule has 1 N–H and O–H groups in total. The summed E-state index contributed by atoms with van der Waals surface area (Å²) in [7, 11) is 2.11. The molecule has 22 heavy (non-hydrogen) atoms. The summed E-state index contributed by atoms with van der Waals surface area (Å²) >= 11 is 3.52. The number of benzene rings is 1. The molecule has 0 bridgehead atoms. The van der Waals surface area contributed by atoms with Gasteiger partial charge >= 0.3 is 0 Å². The van der Waals surface area contributed by atoms with Gasteiger partial charge in [0.2, 0.25) is 0 Å². The third-order valence-corrected chi connectivity index (χ3v) is 5.90. The smallest absolute Gasteiger partial charge is 0.125 e. The van der Waals surface area contributed by atoms with Gasteiger partial charge in [0.05, 0.1) is 17.0 Å². The van der Waals surface area contributed by atoms with Crippen molar-refractivity contribution in [2.24, 2.45) is 4.99 Å². The summed E-state index contributed by atoms with van der Waals surface area (Å²) in [5.41, 5.74) is 0.512. The minimum Gasteiger partial charge on any atom is -0.507 e. The van der Waals surface area contributed by atoms with E-state index in [1.165, 1.54) is 25.1 Å². The molecular formula is C15H19FN2O2S2. The number of nitrogens with zero attached hydrogens (tertiary/aromatic N) is 2. The van der Waals surface area contributed by atoms with Crippen molar-refractivity contribution in [3.63, 3.8) is 0 Å². The molecule has 0 aliphatic carbocycles. The zero-order chi connectivity index (χ0) is 16.1. The molecule has 0 aromatic heterocycles. The molecule has 1 saturated heterocycles. The van der Waals surface area contributed by atoms with Gasteiger partial charge in [-0.05, 0) is 32.2 Å². The van der Waals surface area contributed by atoms with Crippen LogP contribution in [0.4, 0.5) is 4.39 Å². The largest absolute Gasteiger partial charge is 0.507 e. The number of hydrogen-bond donors (Lipinski definition) is 1. The van der Waals surface area contributed by atoms with Crippen molar-refractivity contribution in [2.45, 2.75) is 18.3 Å². The molecule has 2 unspecified atom stereocenters. The molecule has 2 heterocycles. The number of carbonyl (C=O) groups is 1. The zero-order valence-electron chi connectivity index (χ0n) is 12.5. The lowest BCUT2D eigenvalue weighted by atomic mass is 10.2. The Labute approximate surface area is 138 Å². The predicted octanol–water partition coefficient (Wildman–Crippen LogP) is 2.60. The molecule has 0 radical (unpaired) electrons. The lowest BCUT2D eigenvalue weighted by Gasteiger charge is -2.21. The SMILES string of the molecule is CC=O.CN1CCSC1C1CSC(c2cc(F)ccc2O)=N1. The molecule has 7 heteroatoms. The number of hydrogen-bond acceptors (Lipinski definition) is 6. The Morgan fingerprint density at radius 2 is 2.23 bits per heavy atom. The third-order valence-electron chi connectivity index (χ3n) is 3.36. The zero-order valence-corrected chi connectivity index (χ0v) is 14.2. The molecule has 0 amide bonds. The number of aldehydes is 1. The van der Waals surface area contributed by atoms with Gasteiger partial charge in [-0.25, -0.2) is 4.39 Å². The average Bonchev–Trinajstić information content (AvgIpc) is 3.11. The quantitative estimate of drug-likeness (QED) is 0.837. The Balaban J connectivity index is 0.000000545. The van der Waals surface area contributed by atoms with Gasteiger partial charge in [-0.2, -0.15) is 0 Å². The second-order valence-electron chi connectivity index (χ2n) is 4.95. The highest BCUT2D eigenvalue weighted by Crippen LogP contribution is 2.35. The lowest BCUT2D eigenvalue weighted by Crippen LogP contribution is -2.33. The van der Waals surface area contributed by atoms with Crippen LogP contribution in [0.5, 0.6) is 5.75 Å².